The Morgan fingerprint density at radius 3 is 1.89 bits per heavy atom. The van der Waals surface area contributed by atoms with Crippen molar-refractivity contribution in [1.29, 1.82) is 0 Å². The van der Waals surface area contributed by atoms with Gasteiger partial charge in [0, 0.05) is 26.2 Å². The quantitative estimate of drug-likeness (QED) is 0.126. The fourth-order valence-electron chi connectivity index (χ4n) is 3.69. The molecule has 0 aliphatic rings. The molecule has 18 heteroatoms. The number of nitrogens with one attached hydrogen (secondary N) is 1. The maximum Gasteiger partial charge on any atom is 0.490 e. The molecule has 0 atom stereocenters. The molecule has 0 aliphatic carbocycles. The fourth-order valence-corrected chi connectivity index (χ4v) is 4.75. The Bertz CT molecular complexity index is 1470. The summed E-state index contributed by atoms with van der Waals surface area (Å²) in [5, 5.41) is 24.9. The number of halogens is 6. The average molecular weight is 700 g/mol. The van der Waals surface area contributed by atoms with E-state index in [1.807, 2.05) is 41.3 Å². The molecule has 3 aromatic rings. The molecule has 0 saturated heterocycles. The fraction of sp³-hybridized carbons (Fsp3) is 0.345. The highest BCUT2D eigenvalue weighted by atomic mass is 32.2. The minimum absolute atomic E-state index is 0.0165. The van der Waals surface area contributed by atoms with Crippen molar-refractivity contribution in [3.8, 4) is 0 Å². The number of sulfonamides is 1. The Morgan fingerprint density at radius 2 is 1.40 bits per heavy atom. The van der Waals surface area contributed by atoms with Gasteiger partial charge in [-0.05, 0) is 53.4 Å². The first-order chi connectivity index (χ1) is 22.0. The molecule has 0 radical (unpaired) electrons. The first kappa shape index (κ1) is 42.7. The highest BCUT2D eigenvalue weighted by molar-refractivity contribution is 7.89. The summed E-state index contributed by atoms with van der Waals surface area (Å²) in [4.78, 5) is 30.5. The van der Waals surface area contributed by atoms with Gasteiger partial charge in [0.2, 0.25) is 10.0 Å². The zero-order valence-electron chi connectivity index (χ0n) is 24.7. The number of rotatable bonds is 13. The third-order valence-corrected chi connectivity index (χ3v) is 7.29. The molecule has 11 nitrogen and oxygen atoms in total. The van der Waals surface area contributed by atoms with E-state index >= 15 is 0 Å². The normalized spacial score (nSPS) is 11.0. The number of nitrogens with two attached hydrogens (primary N) is 1. The number of hydrogen-bond acceptors (Lipinski definition) is 7. The smallest absolute Gasteiger partial charge is 0.483 e. The van der Waals surface area contributed by atoms with Crippen molar-refractivity contribution in [3.05, 3.63) is 77.9 Å². The van der Waals surface area contributed by atoms with Crippen LogP contribution < -0.4 is 10.5 Å². The van der Waals surface area contributed by atoms with Crippen LogP contribution in [0.1, 0.15) is 24.0 Å². The molecule has 0 saturated carbocycles. The van der Waals surface area contributed by atoms with E-state index in [9.17, 15) is 39.6 Å². The molecule has 0 heterocycles. The lowest BCUT2D eigenvalue weighted by Crippen LogP contribution is -2.36. The van der Waals surface area contributed by atoms with Crippen LogP contribution in [0.2, 0.25) is 0 Å². The first-order valence-electron chi connectivity index (χ1n) is 13.5. The van der Waals surface area contributed by atoms with Gasteiger partial charge < -0.3 is 26.0 Å². The average Bonchev–Trinajstić information content (AvgIpc) is 2.99. The second-order valence-corrected chi connectivity index (χ2v) is 10.9. The molecule has 0 aliphatic heterocycles. The summed E-state index contributed by atoms with van der Waals surface area (Å²) < 4.78 is 88.9. The molecular formula is C29H35F6N3O8S. The van der Waals surface area contributed by atoms with Crippen LogP contribution >= 0.6 is 0 Å². The summed E-state index contributed by atoms with van der Waals surface area (Å²) in [6.07, 6.45) is -3.36. The minimum atomic E-state index is -5.08. The van der Waals surface area contributed by atoms with Crippen LogP contribution in [0.3, 0.4) is 0 Å². The first-order valence-corrected chi connectivity index (χ1v) is 15.0. The Labute approximate surface area is 266 Å². The van der Waals surface area contributed by atoms with Gasteiger partial charge in [-0.1, -0.05) is 54.6 Å². The molecule has 3 rings (SSSR count). The zero-order chi connectivity index (χ0) is 36.0. The second-order valence-electron chi connectivity index (χ2n) is 9.17. The number of aliphatic carboxylic acids is 2. The van der Waals surface area contributed by atoms with Crippen LogP contribution in [0.4, 0.5) is 26.3 Å². The van der Waals surface area contributed by atoms with Crippen molar-refractivity contribution >= 4 is 39.2 Å². The number of benzene rings is 3. The third kappa shape index (κ3) is 19.8. The SMILES string of the molecule is FC(F)F.NCc1ccc(CCCN(CCNS(=O)(=O)c2ccc3ccccc3c2)CCC(=O)O)cc1.O=C(O)C(F)(F)F.O=CO. The van der Waals surface area contributed by atoms with Gasteiger partial charge in [0.15, 0.2) is 0 Å². The lowest BCUT2D eigenvalue weighted by molar-refractivity contribution is -0.192. The van der Waals surface area contributed by atoms with E-state index in [2.05, 4.69) is 16.9 Å². The maximum absolute atomic E-state index is 12.7. The number of carbonyl (C=O) groups is 3. The Morgan fingerprint density at radius 1 is 0.894 bits per heavy atom. The molecule has 0 fully saturated rings. The number of aryl methyl sites for hydroxylation is 1. The van der Waals surface area contributed by atoms with Crippen LogP contribution in [-0.2, 0) is 37.4 Å². The molecule has 6 N–H and O–H groups in total. The van der Waals surface area contributed by atoms with Crippen LogP contribution in [0.25, 0.3) is 10.8 Å². The highest BCUT2D eigenvalue weighted by Crippen LogP contribution is 2.19. The van der Waals surface area contributed by atoms with Gasteiger partial charge in [-0.2, -0.15) is 26.3 Å². The molecule has 3 aromatic carbocycles. The van der Waals surface area contributed by atoms with Crippen molar-refractivity contribution in [2.75, 3.05) is 26.2 Å². The molecule has 0 amide bonds. The molecule has 0 spiro atoms. The van der Waals surface area contributed by atoms with Crippen LogP contribution in [0.15, 0.2) is 71.6 Å². The van der Waals surface area contributed by atoms with Gasteiger partial charge in [-0.15, -0.1) is 0 Å². The third-order valence-electron chi connectivity index (χ3n) is 5.83. The summed E-state index contributed by atoms with van der Waals surface area (Å²) in [5.41, 5.74) is 7.91. The van der Waals surface area contributed by atoms with Crippen molar-refractivity contribution in [3.63, 3.8) is 0 Å². The summed E-state index contributed by atoms with van der Waals surface area (Å²) in [6.45, 7) is -1.70. The van der Waals surface area contributed by atoms with Gasteiger partial charge in [0.25, 0.3) is 6.47 Å². The Balaban J connectivity index is 0.00000127. The second kappa shape index (κ2) is 22.3. The standard InChI is InChI=1S/C25H31N3O4S.C2HF3O2.CHF3.CH2O2/c26-19-21-9-7-20(8-10-21)4-3-15-28(16-13-25(29)30)17-14-27-33(31,32)24-12-11-22-5-1-2-6-23(22)18-24;3-2(4,5)1(6)7;2-1(3)4;2-1-3/h1-2,5-12,18,27H,3-4,13-17,19,26H2,(H,29,30);(H,6,7);1H;1H,(H,2,3). The Hall–Kier alpha value is -4.26. The number of alkyl halides is 6. The molecule has 262 valence electrons. The number of fused-ring (bicyclic) bond motifs is 1. The van der Waals surface area contributed by atoms with Gasteiger partial charge in [0.1, 0.15) is 0 Å². The van der Waals surface area contributed by atoms with E-state index < -0.39 is 34.8 Å². The van der Waals surface area contributed by atoms with E-state index in [1.165, 1.54) is 5.56 Å². The van der Waals surface area contributed by atoms with E-state index in [1.54, 1.807) is 18.2 Å². The topological polar surface area (TPSA) is 187 Å². The van der Waals surface area contributed by atoms with Crippen molar-refractivity contribution in [1.82, 2.24) is 9.62 Å². The van der Waals surface area contributed by atoms with Gasteiger partial charge >= 0.3 is 24.8 Å². The van der Waals surface area contributed by atoms with Crippen LogP contribution in [-0.4, -0.2) is 86.1 Å². The predicted molar refractivity (Wildman–Crippen MR) is 160 cm³/mol. The molecule has 0 bridgehead atoms. The van der Waals surface area contributed by atoms with E-state index in [4.69, 9.17) is 30.6 Å². The summed E-state index contributed by atoms with van der Waals surface area (Å²) >= 11 is 0. The van der Waals surface area contributed by atoms with Crippen LogP contribution in [0, 0.1) is 0 Å². The Kier molecular flexibility index (Phi) is 20.3. The number of hydrogen-bond donors (Lipinski definition) is 5. The lowest BCUT2D eigenvalue weighted by atomic mass is 10.1. The molecule has 0 aromatic heterocycles. The largest absolute Gasteiger partial charge is 0.490 e. The number of carboxylic acid groups (broad SMARTS) is 3. The molecular weight excluding hydrogens is 664 g/mol. The van der Waals surface area contributed by atoms with E-state index in [0.29, 0.717) is 26.2 Å². The number of nitrogens with zero attached hydrogens (tertiary/aromatic N) is 1. The van der Waals surface area contributed by atoms with Gasteiger partial charge in [-0.25, -0.2) is 17.9 Å². The number of carboxylic acids is 2. The summed E-state index contributed by atoms with van der Waals surface area (Å²) in [6, 6.07) is 20.8. The molecule has 0 unspecified atom stereocenters. The van der Waals surface area contributed by atoms with Crippen molar-refractivity contribution < 1.29 is 64.5 Å². The monoisotopic (exact) mass is 699 g/mol. The zero-order valence-corrected chi connectivity index (χ0v) is 25.6. The van der Waals surface area contributed by atoms with Crippen LogP contribution in [0.5, 0.6) is 0 Å². The van der Waals surface area contributed by atoms with E-state index in [-0.39, 0.29) is 24.3 Å². The summed E-state index contributed by atoms with van der Waals surface area (Å²) in [5.74, 6) is -3.62. The minimum Gasteiger partial charge on any atom is -0.483 e. The van der Waals surface area contributed by atoms with Crippen molar-refractivity contribution in [2.45, 2.75) is 43.6 Å². The summed E-state index contributed by atoms with van der Waals surface area (Å²) in [7, 11) is -3.65. The van der Waals surface area contributed by atoms with E-state index in [0.717, 1.165) is 29.2 Å². The van der Waals surface area contributed by atoms with Gasteiger partial charge in [-0.3, -0.25) is 9.59 Å². The lowest BCUT2D eigenvalue weighted by Gasteiger charge is -2.22. The van der Waals surface area contributed by atoms with Gasteiger partial charge in [0.05, 0.1) is 11.3 Å². The predicted octanol–water partition coefficient (Wildman–Crippen LogP) is 4.50. The molecule has 47 heavy (non-hydrogen) atoms. The van der Waals surface area contributed by atoms with Crippen molar-refractivity contribution in [2.24, 2.45) is 5.73 Å². The maximum atomic E-state index is 12.7. The highest BCUT2D eigenvalue weighted by Gasteiger charge is 2.38.